The quantitative estimate of drug-likeness (QED) is 0.939. The number of anilines is 1. The van der Waals surface area contributed by atoms with E-state index < -0.39 is 10.0 Å². The standard InChI is InChI=1S/C14H13N3O2S/c1-10-7-13(4-3-12(10)8-15)20(18,19)17-14-5-6-16-9-11(14)2/h3-7,9H,1-2H3,(H,16,17). The molecular weight excluding hydrogens is 274 g/mol. The fourth-order valence-corrected chi connectivity index (χ4v) is 2.94. The molecule has 1 aromatic heterocycles. The lowest BCUT2D eigenvalue weighted by atomic mass is 10.1. The maximum atomic E-state index is 12.3. The van der Waals surface area contributed by atoms with Crippen molar-refractivity contribution < 1.29 is 8.42 Å². The second-order valence-electron chi connectivity index (χ2n) is 4.38. The molecule has 0 bridgehead atoms. The van der Waals surface area contributed by atoms with Crippen molar-refractivity contribution in [2.24, 2.45) is 0 Å². The van der Waals surface area contributed by atoms with Gasteiger partial charge in [-0.3, -0.25) is 9.71 Å². The molecule has 0 saturated heterocycles. The molecule has 2 aromatic rings. The van der Waals surface area contributed by atoms with Crippen molar-refractivity contribution >= 4 is 15.7 Å². The molecule has 2 rings (SSSR count). The minimum Gasteiger partial charge on any atom is -0.279 e. The zero-order valence-electron chi connectivity index (χ0n) is 11.1. The third-order valence-corrected chi connectivity index (χ3v) is 4.26. The number of aryl methyl sites for hydroxylation is 2. The van der Waals surface area contributed by atoms with Crippen LogP contribution in [0.15, 0.2) is 41.6 Å². The van der Waals surface area contributed by atoms with Gasteiger partial charge in [0.25, 0.3) is 10.0 Å². The number of aromatic nitrogens is 1. The van der Waals surface area contributed by atoms with Crippen LogP contribution < -0.4 is 4.72 Å². The second kappa shape index (κ2) is 5.31. The highest BCUT2D eigenvalue weighted by Gasteiger charge is 2.16. The number of nitriles is 1. The smallest absolute Gasteiger partial charge is 0.261 e. The number of nitrogens with one attached hydrogen (secondary N) is 1. The highest BCUT2D eigenvalue weighted by Crippen LogP contribution is 2.20. The van der Waals surface area contributed by atoms with E-state index in [1.165, 1.54) is 24.4 Å². The Morgan fingerprint density at radius 1 is 1.20 bits per heavy atom. The van der Waals surface area contributed by atoms with Gasteiger partial charge in [0.05, 0.1) is 22.2 Å². The van der Waals surface area contributed by atoms with Gasteiger partial charge in [0, 0.05) is 12.4 Å². The zero-order chi connectivity index (χ0) is 14.8. The average molecular weight is 287 g/mol. The van der Waals surface area contributed by atoms with Gasteiger partial charge in [-0.1, -0.05) is 0 Å². The highest BCUT2D eigenvalue weighted by atomic mass is 32.2. The monoisotopic (exact) mass is 287 g/mol. The van der Waals surface area contributed by atoms with Gasteiger partial charge in [-0.25, -0.2) is 8.42 Å². The van der Waals surface area contributed by atoms with Crippen LogP contribution in [0.2, 0.25) is 0 Å². The second-order valence-corrected chi connectivity index (χ2v) is 6.07. The lowest BCUT2D eigenvalue weighted by molar-refractivity contribution is 0.601. The van der Waals surface area contributed by atoms with E-state index in [4.69, 9.17) is 5.26 Å². The van der Waals surface area contributed by atoms with Crippen molar-refractivity contribution in [3.63, 3.8) is 0 Å². The summed E-state index contributed by atoms with van der Waals surface area (Å²) in [5.74, 6) is 0. The topological polar surface area (TPSA) is 82.8 Å². The van der Waals surface area contributed by atoms with Crippen LogP contribution in [-0.4, -0.2) is 13.4 Å². The number of hydrogen-bond donors (Lipinski definition) is 1. The predicted molar refractivity (Wildman–Crippen MR) is 75.7 cm³/mol. The van der Waals surface area contributed by atoms with Crippen LogP contribution in [0.3, 0.4) is 0 Å². The lowest BCUT2D eigenvalue weighted by Gasteiger charge is -2.10. The van der Waals surface area contributed by atoms with Gasteiger partial charge >= 0.3 is 0 Å². The van der Waals surface area contributed by atoms with Crippen molar-refractivity contribution in [1.29, 1.82) is 5.26 Å². The first kappa shape index (κ1) is 14.0. The lowest BCUT2D eigenvalue weighted by Crippen LogP contribution is -2.14. The molecule has 0 amide bonds. The SMILES string of the molecule is Cc1cc(S(=O)(=O)Nc2ccncc2C)ccc1C#N. The zero-order valence-corrected chi connectivity index (χ0v) is 11.9. The van der Waals surface area contributed by atoms with Crippen LogP contribution >= 0.6 is 0 Å². The van der Waals surface area contributed by atoms with Crippen LogP contribution in [-0.2, 0) is 10.0 Å². The molecule has 0 aliphatic heterocycles. The molecule has 0 atom stereocenters. The molecule has 6 heteroatoms. The maximum absolute atomic E-state index is 12.3. The average Bonchev–Trinajstić information content (AvgIpc) is 2.41. The fourth-order valence-electron chi connectivity index (χ4n) is 1.72. The Balaban J connectivity index is 2.39. The van der Waals surface area contributed by atoms with Gasteiger partial charge < -0.3 is 0 Å². The van der Waals surface area contributed by atoms with Crippen molar-refractivity contribution in [3.8, 4) is 6.07 Å². The van der Waals surface area contributed by atoms with E-state index in [-0.39, 0.29) is 4.90 Å². The Labute approximate surface area is 118 Å². The summed E-state index contributed by atoms with van der Waals surface area (Å²) in [7, 11) is -3.67. The van der Waals surface area contributed by atoms with Crippen molar-refractivity contribution in [2.75, 3.05) is 4.72 Å². The normalized spacial score (nSPS) is 10.8. The summed E-state index contributed by atoms with van der Waals surface area (Å²) < 4.78 is 27.1. The first-order chi connectivity index (χ1) is 9.44. The van der Waals surface area contributed by atoms with E-state index in [2.05, 4.69) is 9.71 Å². The predicted octanol–water partition coefficient (Wildman–Crippen LogP) is 2.37. The largest absolute Gasteiger partial charge is 0.279 e. The molecule has 0 spiro atoms. The van der Waals surface area contributed by atoms with Crippen LogP contribution in [0.25, 0.3) is 0 Å². The van der Waals surface area contributed by atoms with Gasteiger partial charge in [0.15, 0.2) is 0 Å². The highest BCUT2D eigenvalue weighted by molar-refractivity contribution is 7.92. The number of nitrogens with zero attached hydrogens (tertiary/aromatic N) is 2. The third-order valence-electron chi connectivity index (χ3n) is 2.89. The maximum Gasteiger partial charge on any atom is 0.261 e. The molecule has 1 aromatic carbocycles. The van der Waals surface area contributed by atoms with E-state index in [1.807, 2.05) is 6.07 Å². The molecule has 20 heavy (non-hydrogen) atoms. The summed E-state index contributed by atoms with van der Waals surface area (Å²) in [6, 6.07) is 8.02. The first-order valence-corrected chi connectivity index (χ1v) is 7.36. The molecule has 1 N–H and O–H groups in total. The van der Waals surface area contributed by atoms with Crippen molar-refractivity contribution in [3.05, 3.63) is 53.3 Å². The number of hydrogen-bond acceptors (Lipinski definition) is 4. The summed E-state index contributed by atoms with van der Waals surface area (Å²) in [4.78, 5) is 4.04. The number of sulfonamides is 1. The van der Waals surface area contributed by atoms with E-state index >= 15 is 0 Å². The van der Waals surface area contributed by atoms with Crippen LogP contribution in [0.4, 0.5) is 5.69 Å². The molecule has 1 heterocycles. The molecule has 0 unspecified atom stereocenters. The Kier molecular flexibility index (Phi) is 3.72. The number of pyridine rings is 1. The van der Waals surface area contributed by atoms with E-state index in [9.17, 15) is 8.42 Å². The van der Waals surface area contributed by atoms with Crippen molar-refractivity contribution in [1.82, 2.24) is 4.98 Å². The van der Waals surface area contributed by atoms with Gasteiger partial charge in [0.1, 0.15) is 0 Å². The Bertz CT molecular complexity index is 792. The summed E-state index contributed by atoms with van der Waals surface area (Å²) in [6.07, 6.45) is 3.11. The first-order valence-electron chi connectivity index (χ1n) is 5.88. The van der Waals surface area contributed by atoms with E-state index in [1.54, 1.807) is 26.1 Å². The Morgan fingerprint density at radius 2 is 1.95 bits per heavy atom. The molecule has 102 valence electrons. The minimum atomic E-state index is -3.67. The summed E-state index contributed by atoms with van der Waals surface area (Å²) in [5, 5.41) is 8.86. The molecule has 0 saturated carbocycles. The van der Waals surface area contributed by atoms with Crippen LogP contribution in [0, 0.1) is 25.2 Å². The van der Waals surface area contributed by atoms with Gasteiger partial charge in [-0.2, -0.15) is 5.26 Å². The van der Waals surface area contributed by atoms with E-state index in [0.717, 1.165) is 5.56 Å². The molecule has 0 aliphatic carbocycles. The summed E-state index contributed by atoms with van der Waals surface area (Å²) in [6.45, 7) is 3.48. The Hall–Kier alpha value is -2.39. The Morgan fingerprint density at radius 3 is 2.55 bits per heavy atom. The van der Waals surface area contributed by atoms with Gasteiger partial charge in [0.2, 0.25) is 0 Å². The van der Waals surface area contributed by atoms with Gasteiger partial charge in [-0.15, -0.1) is 0 Å². The van der Waals surface area contributed by atoms with Gasteiger partial charge in [-0.05, 0) is 49.2 Å². The number of benzene rings is 1. The minimum absolute atomic E-state index is 0.130. The van der Waals surface area contributed by atoms with Crippen LogP contribution in [0.1, 0.15) is 16.7 Å². The molecule has 0 radical (unpaired) electrons. The summed E-state index contributed by atoms with van der Waals surface area (Å²) in [5.41, 5.74) is 2.31. The molecule has 0 fully saturated rings. The van der Waals surface area contributed by atoms with E-state index in [0.29, 0.717) is 16.8 Å². The van der Waals surface area contributed by atoms with Crippen molar-refractivity contribution in [2.45, 2.75) is 18.7 Å². The molecule has 5 nitrogen and oxygen atoms in total. The fraction of sp³-hybridized carbons (Fsp3) is 0.143. The third kappa shape index (κ3) is 2.78. The molecule has 0 aliphatic rings. The molecular formula is C14H13N3O2S. The van der Waals surface area contributed by atoms with Crippen LogP contribution in [0.5, 0.6) is 0 Å². The summed E-state index contributed by atoms with van der Waals surface area (Å²) >= 11 is 0. The number of rotatable bonds is 3.